The van der Waals surface area contributed by atoms with Gasteiger partial charge in [0.25, 0.3) is 15.9 Å². The van der Waals surface area contributed by atoms with Crippen LogP contribution in [-0.4, -0.2) is 21.4 Å². The van der Waals surface area contributed by atoms with Gasteiger partial charge in [-0.25, -0.2) is 8.42 Å². The van der Waals surface area contributed by atoms with E-state index in [1.54, 1.807) is 24.3 Å². The maximum Gasteiger partial charge on any atom is 0.264 e. The maximum atomic E-state index is 13.1. The van der Waals surface area contributed by atoms with Gasteiger partial charge in [-0.05, 0) is 61.7 Å². The summed E-state index contributed by atoms with van der Waals surface area (Å²) >= 11 is 0. The third kappa shape index (κ3) is 4.39. The van der Waals surface area contributed by atoms with E-state index < -0.39 is 10.0 Å². The van der Waals surface area contributed by atoms with Gasteiger partial charge >= 0.3 is 0 Å². The highest BCUT2D eigenvalue weighted by atomic mass is 32.2. The van der Waals surface area contributed by atoms with E-state index in [1.165, 1.54) is 23.5 Å². The Morgan fingerprint density at radius 2 is 1.53 bits per heavy atom. The minimum absolute atomic E-state index is 0.0736. The largest absolute Gasteiger partial charge is 0.346 e. The molecule has 1 atom stereocenters. The monoisotopic (exact) mass is 422 g/mol. The highest BCUT2D eigenvalue weighted by molar-refractivity contribution is 7.92. The van der Waals surface area contributed by atoms with Crippen molar-refractivity contribution in [1.82, 2.24) is 5.32 Å². The van der Waals surface area contributed by atoms with Crippen molar-refractivity contribution in [2.45, 2.75) is 31.7 Å². The number of nitrogens with one attached hydrogen (secondary N) is 1. The standard InChI is InChI=1S/C24H26N2O3S/c1-17-10-5-7-14-22(17)19(3)25-24(27)20-12-9-13-21(16-20)30(28,29)26(4)23-15-8-6-11-18(23)2/h5-16,19H,1-4H3,(H,25,27)/t19-/m1/s1. The van der Waals surface area contributed by atoms with Crippen molar-refractivity contribution in [3.05, 3.63) is 95.1 Å². The predicted octanol–water partition coefficient (Wildman–Crippen LogP) is 4.62. The summed E-state index contributed by atoms with van der Waals surface area (Å²) in [6, 6.07) is 21.1. The molecule has 0 spiro atoms. The van der Waals surface area contributed by atoms with Gasteiger partial charge in [0.05, 0.1) is 16.6 Å². The van der Waals surface area contributed by atoms with Crippen molar-refractivity contribution in [1.29, 1.82) is 0 Å². The molecule has 1 amide bonds. The van der Waals surface area contributed by atoms with Crippen molar-refractivity contribution in [2.24, 2.45) is 0 Å². The molecular weight excluding hydrogens is 396 g/mol. The number of nitrogens with zero attached hydrogens (tertiary/aromatic N) is 1. The fourth-order valence-electron chi connectivity index (χ4n) is 3.43. The van der Waals surface area contributed by atoms with E-state index in [2.05, 4.69) is 5.32 Å². The van der Waals surface area contributed by atoms with Gasteiger partial charge in [-0.1, -0.05) is 48.5 Å². The molecule has 0 saturated heterocycles. The minimum atomic E-state index is -3.80. The van der Waals surface area contributed by atoms with Crippen LogP contribution >= 0.6 is 0 Å². The normalized spacial score (nSPS) is 12.3. The molecule has 0 aliphatic rings. The zero-order chi connectivity index (χ0) is 21.9. The van der Waals surface area contributed by atoms with E-state index in [0.717, 1.165) is 16.7 Å². The average molecular weight is 423 g/mol. The van der Waals surface area contributed by atoms with Gasteiger partial charge in [-0.15, -0.1) is 0 Å². The molecule has 6 heteroatoms. The van der Waals surface area contributed by atoms with Crippen LogP contribution in [0.15, 0.2) is 77.7 Å². The van der Waals surface area contributed by atoms with Crippen molar-refractivity contribution in [2.75, 3.05) is 11.4 Å². The summed E-state index contributed by atoms with van der Waals surface area (Å²) in [6.07, 6.45) is 0. The zero-order valence-electron chi connectivity index (χ0n) is 17.6. The molecule has 0 fully saturated rings. The number of sulfonamides is 1. The first kappa shape index (κ1) is 21.6. The van der Waals surface area contributed by atoms with Gasteiger partial charge in [-0.2, -0.15) is 0 Å². The van der Waals surface area contributed by atoms with E-state index >= 15 is 0 Å². The average Bonchev–Trinajstić information content (AvgIpc) is 2.74. The van der Waals surface area contributed by atoms with Gasteiger partial charge in [0.2, 0.25) is 0 Å². The number of anilines is 1. The first-order valence-electron chi connectivity index (χ1n) is 9.73. The zero-order valence-corrected chi connectivity index (χ0v) is 18.4. The van der Waals surface area contributed by atoms with E-state index in [9.17, 15) is 13.2 Å². The smallest absolute Gasteiger partial charge is 0.264 e. The van der Waals surface area contributed by atoms with Gasteiger partial charge in [0.1, 0.15) is 0 Å². The first-order chi connectivity index (χ1) is 14.2. The van der Waals surface area contributed by atoms with Gasteiger partial charge in [0, 0.05) is 12.6 Å². The third-order valence-electron chi connectivity index (χ3n) is 5.21. The van der Waals surface area contributed by atoms with E-state index in [-0.39, 0.29) is 16.8 Å². The molecule has 156 valence electrons. The minimum Gasteiger partial charge on any atom is -0.346 e. The molecule has 0 saturated carbocycles. The SMILES string of the molecule is Cc1ccccc1[C@@H](C)NC(=O)c1cccc(S(=O)(=O)N(C)c2ccccc2C)c1. The molecule has 0 radical (unpaired) electrons. The summed E-state index contributed by atoms with van der Waals surface area (Å²) in [6.45, 7) is 5.76. The van der Waals surface area contributed by atoms with Gasteiger partial charge in [-0.3, -0.25) is 9.10 Å². The number of para-hydroxylation sites is 1. The summed E-state index contributed by atoms with van der Waals surface area (Å²) in [7, 11) is -2.29. The Morgan fingerprint density at radius 1 is 0.900 bits per heavy atom. The molecule has 0 bridgehead atoms. The second kappa shape index (κ2) is 8.71. The predicted molar refractivity (Wildman–Crippen MR) is 120 cm³/mol. The molecule has 3 rings (SSSR count). The summed E-state index contributed by atoms with van der Waals surface area (Å²) in [5.74, 6) is -0.318. The van der Waals surface area contributed by atoms with E-state index in [1.807, 2.05) is 57.2 Å². The van der Waals surface area contributed by atoms with Crippen molar-refractivity contribution in [3.8, 4) is 0 Å². The molecule has 0 aliphatic carbocycles. The second-order valence-corrected chi connectivity index (χ2v) is 9.31. The van der Waals surface area contributed by atoms with Crippen molar-refractivity contribution >= 4 is 21.6 Å². The Morgan fingerprint density at radius 3 is 2.20 bits per heavy atom. The lowest BCUT2D eigenvalue weighted by Crippen LogP contribution is -2.29. The molecule has 0 unspecified atom stereocenters. The summed E-state index contributed by atoms with van der Waals surface area (Å²) in [5.41, 5.74) is 3.86. The first-order valence-corrected chi connectivity index (χ1v) is 11.2. The molecule has 0 aromatic heterocycles. The lowest BCUT2D eigenvalue weighted by molar-refractivity contribution is 0.0939. The number of carbonyl (C=O) groups excluding carboxylic acids is 1. The Kier molecular flexibility index (Phi) is 6.27. The number of aryl methyl sites for hydroxylation is 2. The molecular formula is C24H26N2O3S. The Hall–Kier alpha value is -3.12. The van der Waals surface area contributed by atoms with Crippen LogP contribution in [0, 0.1) is 13.8 Å². The fourth-order valence-corrected chi connectivity index (χ4v) is 4.74. The van der Waals surface area contributed by atoms with Crippen LogP contribution in [0.1, 0.15) is 40.0 Å². The Labute approximate surface area is 178 Å². The molecule has 3 aromatic rings. The molecule has 3 aromatic carbocycles. The third-order valence-corrected chi connectivity index (χ3v) is 6.98. The topological polar surface area (TPSA) is 66.5 Å². The maximum absolute atomic E-state index is 13.1. The molecule has 30 heavy (non-hydrogen) atoms. The number of benzene rings is 3. The number of rotatable bonds is 6. The van der Waals surface area contributed by atoms with Crippen LogP contribution in [0.2, 0.25) is 0 Å². The number of carbonyl (C=O) groups is 1. The lowest BCUT2D eigenvalue weighted by atomic mass is 10.0. The summed E-state index contributed by atoms with van der Waals surface area (Å²) in [4.78, 5) is 12.9. The fraction of sp³-hybridized carbons (Fsp3) is 0.208. The number of amides is 1. The Bertz CT molecular complexity index is 1170. The quantitative estimate of drug-likeness (QED) is 0.630. The lowest BCUT2D eigenvalue weighted by Gasteiger charge is -2.22. The van der Waals surface area contributed by atoms with E-state index in [4.69, 9.17) is 0 Å². The van der Waals surface area contributed by atoms with Gasteiger partial charge < -0.3 is 5.32 Å². The van der Waals surface area contributed by atoms with Crippen LogP contribution in [0.5, 0.6) is 0 Å². The van der Waals surface area contributed by atoms with Crippen LogP contribution in [0.3, 0.4) is 0 Å². The number of hydrogen-bond acceptors (Lipinski definition) is 3. The second-order valence-electron chi connectivity index (χ2n) is 7.34. The van der Waals surface area contributed by atoms with E-state index in [0.29, 0.717) is 11.3 Å². The number of hydrogen-bond donors (Lipinski definition) is 1. The van der Waals surface area contributed by atoms with Crippen LogP contribution in [0.25, 0.3) is 0 Å². The van der Waals surface area contributed by atoms with Crippen LogP contribution in [-0.2, 0) is 10.0 Å². The highest BCUT2D eigenvalue weighted by Crippen LogP contribution is 2.25. The molecule has 0 heterocycles. The van der Waals surface area contributed by atoms with Gasteiger partial charge in [0.15, 0.2) is 0 Å². The molecule has 5 nitrogen and oxygen atoms in total. The van der Waals surface area contributed by atoms with Crippen molar-refractivity contribution in [3.63, 3.8) is 0 Å². The molecule has 1 N–H and O–H groups in total. The van der Waals surface area contributed by atoms with Crippen molar-refractivity contribution < 1.29 is 13.2 Å². The molecule has 0 aliphatic heterocycles. The summed E-state index contributed by atoms with van der Waals surface area (Å²) < 4.78 is 27.5. The van der Waals surface area contributed by atoms with Crippen LogP contribution in [0.4, 0.5) is 5.69 Å². The highest BCUT2D eigenvalue weighted by Gasteiger charge is 2.23. The summed E-state index contributed by atoms with van der Waals surface area (Å²) in [5, 5.41) is 2.95. The Balaban J connectivity index is 1.86. The van der Waals surface area contributed by atoms with Crippen LogP contribution < -0.4 is 9.62 Å².